The zero-order valence-corrected chi connectivity index (χ0v) is 7.88. The zero-order chi connectivity index (χ0) is 7.28. The molecule has 1 atom stereocenters. The Kier molecular flexibility index (Phi) is 5.16. The quantitative estimate of drug-likeness (QED) is 0.355. The van der Waals surface area contributed by atoms with Crippen molar-refractivity contribution in [1.29, 1.82) is 0 Å². The van der Waals surface area contributed by atoms with E-state index in [1.54, 1.807) is 0 Å². The minimum Gasteiger partial charge on any atom is -0.174 e. The lowest BCUT2D eigenvalue weighted by Gasteiger charge is -1.85. The van der Waals surface area contributed by atoms with Crippen LogP contribution in [0.5, 0.6) is 0 Å². The van der Waals surface area contributed by atoms with Gasteiger partial charge in [-0.25, -0.2) is 0 Å². The number of hydrogen-bond acceptors (Lipinski definition) is 0. The molecule has 1 unspecified atom stereocenters. The van der Waals surface area contributed by atoms with Gasteiger partial charge in [0.15, 0.2) is 0 Å². The molecule has 0 heterocycles. The van der Waals surface area contributed by atoms with Gasteiger partial charge in [0, 0.05) is 0 Å². The van der Waals surface area contributed by atoms with Crippen molar-refractivity contribution in [2.45, 2.75) is 20.8 Å². The summed E-state index contributed by atoms with van der Waals surface area (Å²) in [5.41, 5.74) is 5.80. The molecule has 9 heavy (non-hydrogen) atoms. The van der Waals surface area contributed by atoms with Crippen molar-refractivity contribution in [2.75, 3.05) is 0 Å². The van der Waals surface area contributed by atoms with Crippen molar-refractivity contribution in [3.05, 3.63) is 6.16 Å². The molecule has 1 nitrogen and oxygen atoms in total. The van der Waals surface area contributed by atoms with Gasteiger partial charge >= 0.3 is 0 Å². The van der Waals surface area contributed by atoms with E-state index in [0.717, 1.165) is 0 Å². The van der Waals surface area contributed by atoms with Crippen LogP contribution in [0.2, 0.25) is 0 Å². The molecule has 0 radical (unpaired) electrons. The maximum atomic E-state index is 5.80. The average Bonchev–Trinajstić information content (AvgIpc) is 1.90. The predicted molar refractivity (Wildman–Crippen MR) is 51.9 cm³/mol. The first-order valence-electron chi connectivity index (χ1n) is 2.90. The number of rotatable bonds is 1. The Hall–Kier alpha value is 0.220. The summed E-state index contributed by atoms with van der Waals surface area (Å²) < 4.78 is 0. The molecule has 0 aromatic rings. The van der Waals surface area contributed by atoms with Crippen LogP contribution in [0.25, 0.3) is 0 Å². The van der Waals surface area contributed by atoms with E-state index in [0.29, 0.717) is 0 Å². The smallest absolute Gasteiger partial charge is 0.0700 e. The van der Waals surface area contributed by atoms with Crippen LogP contribution < -0.4 is 5.50 Å². The van der Waals surface area contributed by atoms with Gasteiger partial charge in [0.2, 0.25) is 0 Å². The van der Waals surface area contributed by atoms with Crippen LogP contribution in [0, 0.1) is 6.16 Å². The van der Waals surface area contributed by atoms with Gasteiger partial charge in [0.25, 0.3) is 0 Å². The van der Waals surface area contributed by atoms with Gasteiger partial charge in [-0.3, -0.25) is 0 Å². The maximum Gasteiger partial charge on any atom is 0.0700 e. The molecule has 0 fully saturated rings. The molecule has 0 spiro atoms. The Morgan fingerprint density at radius 2 is 1.89 bits per heavy atom. The van der Waals surface area contributed by atoms with Crippen molar-refractivity contribution >= 4 is 26.8 Å². The molecule has 0 aliphatic rings. The third-order valence-corrected chi connectivity index (χ3v) is 6.30. The van der Waals surface area contributed by atoms with E-state index in [2.05, 4.69) is 30.7 Å². The summed E-state index contributed by atoms with van der Waals surface area (Å²) in [6.07, 6.45) is 2.10. The largest absolute Gasteiger partial charge is 0.174 e. The van der Waals surface area contributed by atoms with E-state index in [-0.39, 0.29) is 16.1 Å². The van der Waals surface area contributed by atoms with E-state index in [4.69, 9.17) is 5.50 Å². The molecule has 0 aromatic heterocycles. The second-order valence-electron chi connectivity index (χ2n) is 1.44. The first kappa shape index (κ1) is 9.22. The van der Waals surface area contributed by atoms with Crippen LogP contribution in [0.4, 0.5) is 0 Å². The van der Waals surface area contributed by atoms with Crippen LogP contribution >= 0.6 is 6.85 Å². The standard InChI is InChI=1S/C6H14NPS/c1-4-8(7)9(5-2)6-3/h4-6H,7H2,1-3H3. The highest BCUT2D eigenvalue weighted by Gasteiger charge is 1.80. The zero-order valence-electron chi connectivity index (χ0n) is 6.16. The van der Waals surface area contributed by atoms with Crippen molar-refractivity contribution < 1.29 is 0 Å². The van der Waals surface area contributed by atoms with Crippen molar-refractivity contribution in [3.8, 4) is 0 Å². The molecular formula is C6H14NPS. The fourth-order valence-corrected chi connectivity index (χ4v) is 3.69. The highest BCUT2D eigenvalue weighted by atomic mass is 32.5. The number of nitrogens with two attached hydrogens (primary N) is 1. The molecule has 0 amide bonds. The van der Waals surface area contributed by atoms with Crippen LogP contribution in [0.1, 0.15) is 20.8 Å². The van der Waals surface area contributed by atoms with Crippen molar-refractivity contribution in [3.63, 3.8) is 0 Å². The van der Waals surface area contributed by atoms with E-state index in [9.17, 15) is 0 Å². The SMILES string of the molecule is CC=S(=CC)=[P+](N)[CH-]C. The molecule has 0 aliphatic carbocycles. The highest BCUT2D eigenvalue weighted by Crippen LogP contribution is 2.14. The molecule has 0 rings (SSSR count). The van der Waals surface area contributed by atoms with Gasteiger partial charge in [-0.15, -0.1) is 6.92 Å². The maximum absolute atomic E-state index is 5.80. The number of hydrogen-bond donors (Lipinski definition) is 1. The summed E-state index contributed by atoms with van der Waals surface area (Å²) in [5.74, 6) is 0. The van der Waals surface area contributed by atoms with Crippen molar-refractivity contribution in [2.24, 2.45) is 5.50 Å². The summed E-state index contributed by atoms with van der Waals surface area (Å²) >= 11 is 0. The molecule has 54 valence electrons. The van der Waals surface area contributed by atoms with Gasteiger partial charge in [-0.05, 0) is 24.6 Å². The van der Waals surface area contributed by atoms with Gasteiger partial charge in [-0.2, -0.15) is 5.50 Å². The Morgan fingerprint density at radius 1 is 1.44 bits per heavy atom. The van der Waals surface area contributed by atoms with E-state index in [1.165, 1.54) is 0 Å². The van der Waals surface area contributed by atoms with E-state index < -0.39 is 0 Å². The monoisotopic (exact) mass is 163 g/mol. The first-order chi connectivity index (χ1) is 4.26. The fourth-order valence-electron chi connectivity index (χ4n) is 0.501. The van der Waals surface area contributed by atoms with Gasteiger partial charge in [0.1, 0.15) is 0 Å². The summed E-state index contributed by atoms with van der Waals surface area (Å²) in [6, 6.07) is 0. The summed E-state index contributed by atoms with van der Waals surface area (Å²) in [6.45, 7) is 5.80. The molecule has 0 saturated heterocycles. The molecule has 0 bridgehead atoms. The molecule has 0 aromatic carbocycles. The Labute approximate surface area is 59.8 Å². The first-order valence-corrected chi connectivity index (χ1v) is 6.34. The lowest BCUT2D eigenvalue weighted by Crippen LogP contribution is -1.79. The van der Waals surface area contributed by atoms with Gasteiger partial charge in [-0.1, -0.05) is 15.4 Å². The van der Waals surface area contributed by atoms with Crippen LogP contribution in [-0.4, -0.2) is 10.7 Å². The Bertz CT molecular complexity index is 199. The topological polar surface area (TPSA) is 26.0 Å². The highest BCUT2D eigenvalue weighted by molar-refractivity contribution is 8.23. The second kappa shape index (κ2) is 5.04. The van der Waals surface area contributed by atoms with Gasteiger partial charge < -0.3 is 0 Å². The van der Waals surface area contributed by atoms with Gasteiger partial charge in [0.05, 0.1) is 6.85 Å². The predicted octanol–water partition coefficient (Wildman–Crippen LogP) is 1.70. The second-order valence-corrected chi connectivity index (χ2v) is 6.84. The lowest BCUT2D eigenvalue weighted by molar-refractivity contribution is 1.70. The van der Waals surface area contributed by atoms with Crippen LogP contribution in [-0.2, 0) is 9.25 Å². The normalized spacial score (nSPS) is 10.4. The Morgan fingerprint density at radius 3 is 2.00 bits per heavy atom. The average molecular weight is 163 g/mol. The molecule has 0 saturated carbocycles. The third-order valence-electron chi connectivity index (χ3n) is 0.981. The van der Waals surface area contributed by atoms with Crippen LogP contribution in [0.15, 0.2) is 0 Å². The third kappa shape index (κ3) is 3.04. The summed E-state index contributed by atoms with van der Waals surface area (Å²) in [4.78, 5) is 0. The lowest BCUT2D eigenvalue weighted by atomic mass is 11.0. The molecule has 3 heteroatoms. The molecular weight excluding hydrogens is 149 g/mol. The Balaban J connectivity index is 4.88. The summed E-state index contributed by atoms with van der Waals surface area (Å²) in [7, 11) is 0.254. The van der Waals surface area contributed by atoms with E-state index in [1.807, 2.05) is 6.92 Å². The molecule has 2 N–H and O–H groups in total. The van der Waals surface area contributed by atoms with E-state index >= 15 is 0 Å². The van der Waals surface area contributed by atoms with Crippen LogP contribution in [0.3, 0.4) is 0 Å². The minimum atomic E-state index is -0.350. The minimum absolute atomic E-state index is 0.254. The summed E-state index contributed by atoms with van der Waals surface area (Å²) in [5, 5.41) is 4.34. The fraction of sp³-hybridized carbons (Fsp3) is 0.500. The van der Waals surface area contributed by atoms with Crippen molar-refractivity contribution in [1.82, 2.24) is 0 Å². The molecule has 0 aliphatic heterocycles.